The van der Waals surface area contributed by atoms with Gasteiger partial charge in [0.05, 0.1) is 0 Å². The van der Waals surface area contributed by atoms with Crippen molar-refractivity contribution in [3.05, 3.63) is 30.1 Å². The van der Waals surface area contributed by atoms with Crippen LogP contribution < -0.4 is 0 Å². The number of ketones is 1. The molecule has 15 heavy (non-hydrogen) atoms. The Morgan fingerprint density at radius 2 is 2.00 bits per heavy atom. The van der Waals surface area contributed by atoms with Gasteiger partial charge in [-0.2, -0.15) is 0 Å². The Balaban J connectivity index is 2.20. The fourth-order valence-corrected chi connectivity index (χ4v) is 1.54. The van der Waals surface area contributed by atoms with E-state index in [4.69, 9.17) is 0 Å². The van der Waals surface area contributed by atoms with E-state index in [0.29, 0.717) is 12.1 Å². The largest absolute Gasteiger partial charge is 0.292 e. The number of hydrogen-bond acceptors (Lipinski definition) is 2. The Bertz CT molecular complexity index is 282. The van der Waals surface area contributed by atoms with E-state index < -0.39 is 0 Å². The molecule has 0 aromatic carbocycles. The minimum absolute atomic E-state index is 0.173. The zero-order chi connectivity index (χ0) is 10.9. The molecule has 0 saturated heterocycles. The summed E-state index contributed by atoms with van der Waals surface area (Å²) >= 11 is 0. The summed E-state index contributed by atoms with van der Waals surface area (Å²) in [5, 5.41) is 0. The lowest BCUT2D eigenvalue weighted by atomic mass is 10.1. The molecule has 2 heteroatoms. The maximum Gasteiger partial charge on any atom is 0.181 e. The molecule has 0 saturated carbocycles. The van der Waals surface area contributed by atoms with Gasteiger partial charge < -0.3 is 0 Å². The van der Waals surface area contributed by atoms with Crippen molar-refractivity contribution in [2.45, 2.75) is 45.4 Å². The van der Waals surface area contributed by atoms with Crippen molar-refractivity contribution in [1.29, 1.82) is 0 Å². The molecule has 0 aliphatic heterocycles. The summed E-state index contributed by atoms with van der Waals surface area (Å²) in [6.07, 6.45) is 8.23. The first kappa shape index (κ1) is 11.9. The highest BCUT2D eigenvalue weighted by atomic mass is 16.1. The second kappa shape index (κ2) is 7.16. The van der Waals surface area contributed by atoms with Gasteiger partial charge in [0.2, 0.25) is 0 Å². The number of unbranched alkanes of at least 4 members (excludes halogenated alkanes) is 4. The molecule has 82 valence electrons. The van der Waals surface area contributed by atoms with E-state index in [9.17, 15) is 4.79 Å². The molecule has 1 aromatic heterocycles. The van der Waals surface area contributed by atoms with Crippen LogP contribution in [0.1, 0.15) is 55.9 Å². The molecule has 0 aliphatic rings. The summed E-state index contributed by atoms with van der Waals surface area (Å²) in [4.78, 5) is 15.7. The zero-order valence-corrected chi connectivity index (χ0v) is 9.41. The van der Waals surface area contributed by atoms with Crippen LogP contribution in [0, 0.1) is 0 Å². The van der Waals surface area contributed by atoms with Gasteiger partial charge in [0.15, 0.2) is 5.78 Å². The summed E-state index contributed by atoms with van der Waals surface area (Å²) in [6, 6.07) is 5.48. The van der Waals surface area contributed by atoms with Crippen molar-refractivity contribution in [3.63, 3.8) is 0 Å². The normalized spacial score (nSPS) is 10.2. The molecular formula is C13H19NO. The minimum Gasteiger partial charge on any atom is -0.292 e. The highest BCUT2D eigenvalue weighted by molar-refractivity contribution is 5.94. The lowest BCUT2D eigenvalue weighted by Crippen LogP contribution is -2.01. The maximum absolute atomic E-state index is 11.6. The quantitative estimate of drug-likeness (QED) is 0.502. The molecule has 0 fully saturated rings. The summed E-state index contributed by atoms with van der Waals surface area (Å²) in [5.74, 6) is 0.173. The van der Waals surface area contributed by atoms with Gasteiger partial charge >= 0.3 is 0 Å². The van der Waals surface area contributed by atoms with Crippen molar-refractivity contribution in [2.75, 3.05) is 0 Å². The molecule has 0 spiro atoms. The van der Waals surface area contributed by atoms with Crippen LogP contribution in [0.25, 0.3) is 0 Å². The molecule has 0 radical (unpaired) electrons. The molecular weight excluding hydrogens is 186 g/mol. The summed E-state index contributed by atoms with van der Waals surface area (Å²) in [5.41, 5.74) is 0.605. The molecule has 1 heterocycles. The smallest absolute Gasteiger partial charge is 0.181 e. The van der Waals surface area contributed by atoms with Gasteiger partial charge in [0.25, 0.3) is 0 Å². The highest BCUT2D eigenvalue weighted by Crippen LogP contribution is 2.08. The van der Waals surface area contributed by atoms with Gasteiger partial charge in [-0.15, -0.1) is 0 Å². The molecule has 0 atom stereocenters. The fourth-order valence-electron chi connectivity index (χ4n) is 1.54. The topological polar surface area (TPSA) is 30.0 Å². The maximum atomic E-state index is 11.6. The third kappa shape index (κ3) is 4.73. The lowest BCUT2D eigenvalue weighted by Gasteiger charge is -2.00. The van der Waals surface area contributed by atoms with Crippen LogP contribution >= 0.6 is 0 Å². The zero-order valence-electron chi connectivity index (χ0n) is 9.41. The Hall–Kier alpha value is -1.18. The minimum atomic E-state index is 0.173. The van der Waals surface area contributed by atoms with Gasteiger partial charge in [-0.3, -0.25) is 9.78 Å². The van der Waals surface area contributed by atoms with E-state index in [-0.39, 0.29) is 5.78 Å². The number of carbonyl (C=O) groups excluding carboxylic acids is 1. The average molecular weight is 205 g/mol. The van der Waals surface area contributed by atoms with Gasteiger partial charge in [0, 0.05) is 12.6 Å². The van der Waals surface area contributed by atoms with E-state index >= 15 is 0 Å². The molecule has 1 rings (SSSR count). The van der Waals surface area contributed by atoms with E-state index in [1.807, 2.05) is 12.1 Å². The Kier molecular flexibility index (Phi) is 5.67. The van der Waals surface area contributed by atoms with Gasteiger partial charge in [-0.1, -0.05) is 38.7 Å². The second-order valence-electron chi connectivity index (χ2n) is 3.80. The van der Waals surface area contributed by atoms with Crippen LogP contribution in [0.2, 0.25) is 0 Å². The number of Topliss-reactive ketones (excluding diaryl/α,β-unsaturated/α-hetero) is 1. The second-order valence-corrected chi connectivity index (χ2v) is 3.80. The summed E-state index contributed by atoms with van der Waals surface area (Å²) < 4.78 is 0. The van der Waals surface area contributed by atoms with Crippen LogP contribution in [0.5, 0.6) is 0 Å². The van der Waals surface area contributed by atoms with Crippen LogP contribution in [0.15, 0.2) is 24.4 Å². The lowest BCUT2D eigenvalue weighted by molar-refractivity contribution is 0.0974. The van der Waals surface area contributed by atoms with Crippen LogP contribution in [0.4, 0.5) is 0 Å². The molecule has 0 N–H and O–H groups in total. The third-order valence-electron chi connectivity index (χ3n) is 2.46. The van der Waals surface area contributed by atoms with Crippen molar-refractivity contribution >= 4 is 5.78 Å². The van der Waals surface area contributed by atoms with Gasteiger partial charge in [-0.25, -0.2) is 0 Å². The van der Waals surface area contributed by atoms with Gasteiger partial charge in [0.1, 0.15) is 5.69 Å². The van der Waals surface area contributed by atoms with E-state index in [1.54, 1.807) is 12.3 Å². The Morgan fingerprint density at radius 3 is 2.67 bits per heavy atom. The Morgan fingerprint density at radius 1 is 1.20 bits per heavy atom. The molecule has 0 amide bonds. The molecule has 2 nitrogen and oxygen atoms in total. The first-order valence-corrected chi connectivity index (χ1v) is 5.79. The molecule has 0 aliphatic carbocycles. The summed E-state index contributed by atoms with van der Waals surface area (Å²) in [6.45, 7) is 2.19. The van der Waals surface area contributed by atoms with E-state index in [2.05, 4.69) is 11.9 Å². The number of pyridine rings is 1. The monoisotopic (exact) mass is 205 g/mol. The number of rotatable bonds is 7. The first-order chi connectivity index (χ1) is 7.34. The number of aromatic nitrogens is 1. The van der Waals surface area contributed by atoms with Crippen molar-refractivity contribution in [2.24, 2.45) is 0 Å². The standard InChI is InChI=1S/C13H19NO/c1-2-3-4-5-6-10-13(15)12-9-7-8-11-14-12/h7-9,11H,2-6,10H2,1H3. The predicted octanol–water partition coefficient (Wildman–Crippen LogP) is 3.62. The van der Waals surface area contributed by atoms with Crippen LogP contribution in [-0.4, -0.2) is 10.8 Å². The van der Waals surface area contributed by atoms with E-state index in [0.717, 1.165) is 12.8 Å². The fraction of sp³-hybridized carbons (Fsp3) is 0.538. The SMILES string of the molecule is CCCCCCCC(=O)c1ccccn1. The number of nitrogens with zero attached hydrogens (tertiary/aromatic N) is 1. The van der Waals surface area contributed by atoms with Crippen LogP contribution in [-0.2, 0) is 0 Å². The van der Waals surface area contributed by atoms with Crippen molar-refractivity contribution in [3.8, 4) is 0 Å². The first-order valence-electron chi connectivity index (χ1n) is 5.79. The van der Waals surface area contributed by atoms with Crippen molar-refractivity contribution in [1.82, 2.24) is 4.98 Å². The predicted molar refractivity (Wildman–Crippen MR) is 61.9 cm³/mol. The molecule has 1 aromatic rings. The average Bonchev–Trinajstić information content (AvgIpc) is 2.30. The Labute approximate surface area is 91.7 Å². The molecule has 0 unspecified atom stereocenters. The summed E-state index contributed by atoms with van der Waals surface area (Å²) in [7, 11) is 0. The highest BCUT2D eigenvalue weighted by Gasteiger charge is 2.05. The van der Waals surface area contributed by atoms with Gasteiger partial charge in [-0.05, 0) is 18.6 Å². The van der Waals surface area contributed by atoms with Crippen molar-refractivity contribution < 1.29 is 4.79 Å². The number of carbonyl (C=O) groups is 1. The molecule has 0 bridgehead atoms. The van der Waals surface area contributed by atoms with Crippen LogP contribution in [0.3, 0.4) is 0 Å². The number of hydrogen-bond donors (Lipinski definition) is 0. The third-order valence-corrected chi connectivity index (χ3v) is 2.46. The van der Waals surface area contributed by atoms with E-state index in [1.165, 1.54) is 19.3 Å².